The molecule has 0 atom stereocenters. The molecule has 0 aromatic heterocycles. The van der Waals surface area contributed by atoms with Crippen LogP contribution in [-0.2, 0) is 13.2 Å². The molecule has 158 valence electrons. The van der Waals surface area contributed by atoms with E-state index in [1.54, 1.807) is 0 Å². The molecule has 0 spiro atoms. The largest absolute Gasteiger partial charge is 0.488 e. The number of hydrogen-bond donors (Lipinski definition) is 1. The summed E-state index contributed by atoms with van der Waals surface area (Å²) in [5.74, 6) is 0.892. The fourth-order valence-corrected chi connectivity index (χ4v) is 4.87. The summed E-state index contributed by atoms with van der Waals surface area (Å²) in [7, 11) is 0. The van der Waals surface area contributed by atoms with E-state index in [2.05, 4.69) is 41.7 Å². The van der Waals surface area contributed by atoms with Gasteiger partial charge in [-0.2, -0.15) is 0 Å². The molecule has 3 aromatic rings. The minimum Gasteiger partial charge on any atom is -0.488 e. The van der Waals surface area contributed by atoms with Crippen LogP contribution in [0.15, 0.2) is 54.6 Å². The number of rotatable bonds is 6. The van der Waals surface area contributed by atoms with Crippen molar-refractivity contribution in [3.05, 3.63) is 75.8 Å². The molecule has 1 aliphatic carbocycles. The van der Waals surface area contributed by atoms with E-state index in [4.69, 9.17) is 27.9 Å². The summed E-state index contributed by atoms with van der Waals surface area (Å²) >= 11 is 12.7. The Morgan fingerprint density at radius 3 is 2.23 bits per heavy atom. The maximum Gasteiger partial charge on any atom is 0.124 e. The highest BCUT2D eigenvalue weighted by Crippen LogP contribution is 2.31. The van der Waals surface area contributed by atoms with Crippen LogP contribution in [0, 0.1) is 0 Å². The van der Waals surface area contributed by atoms with Gasteiger partial charge in [-0.15, -0.1) is 0 Å². The van der Waals surface area contributed by atoms with Crippen LogP contribution in [0.4, 0.5) is 0 Å². The third kappa shape index (κ3) is 5.29. The molecule has 0 bridgehead atoms. The Bertz CT molecular complexity index is 960. The Labute approximate surface area is 189 Å². The van der Waals surface area contributed by atoms with Crippen molar-refractivity contribution in [2.45, 2.75) is 64.1 Å². The predicted octanol–water partition coefficient (Wildman–Crippen LogP) is 7.93. The lowest BCUT2D eigenvalue weighted by molar-refractivity contribution is 0.301. The van der Waals surface area contributed by atoms with Gasteiger partial charge in [0.05, 0.1) is 0 Å². The van der Waals surface area contributed by atoms with Crippen molar-refractivity contribution in [3.8, 4) is 5.75 Å². The topological polar surface area (TPSA) is 21.3 Å². The number of ether oxygens (including phenoxy) is 1. The summed E-state index contributed by atoms with van der Waals surface area (Å²) in [4.78, 5) is 0. The highest BCUT2D eigenvalue weighted by Gasteiger charge is 2.15. The molecule has 0 unspecified atom stereocenters. The maximum atomic E-state index is 6.35. The first-order valence-electron chi connectivity index (χ1n) is 11.0. The van der Waals surface area contributed by atoms with Gasteiger partial charge in [0.15, 0.2) is 0 Å². The molecule has 1 N–H and O–H groups in total. The molecule has 1 aliphatic rings. The zero-order valence-electron chi connectivity index (χ0n) is 17.3. The van der Waals surface area contributed by atoms with Crippen molar-refractivity contribution in [2.24, 2.45) is 0 Å². The van der Waals surface area contributed by atoms with Crippen molar-refractivity contribution in [3.63, 3.8) is 0 Å². The Kier molecular flexibility index (Phi) is 7.54. The minimum absolute atomic E-state index is 0.354. The minimum atomic E-state index is 0.354. The first kappa shape index (κ1) is 21.5. The first-order chi connectivity index (χ1) is 14.7. The van der Waals surface area contributed by atoms with Gasteiger partial charge in [0.1, 0.15) is 12.4 Å². The average molecular weight is 442 g/mol. The summed E-state index contributed by atoms with van der Waals surface area (Å²) in [6.45, 7) is 1.16. The summed E-state index contributed by atoms with van der Waals surface area (Å²) in [6, 6.07) is 18.8. The summed E-state index contributed by atoms with van der Waals surface area (Å²) in [5.41, 5.74) is 2.03. The quantitative estimate of drug-likeness (QED) is 0.419. The van der Waals surface area contributed by atoms with Gasteiger partial charge in [0.25, 0.3) is 0 Å². The molecule has 1 fully saturated rings. The van der Waals surface area contributed by atoms with Gasteiger partial charge in [0, 0.05) is 33.8 Å². The third-order valence-electron chi connectivity index (χ3n) is 6.10. The second-order valence-corrected chi connectivity index (χ2v) is 8.99. The summed E-state index contributed by atoms with van der Waals surface area (Å²) < 4.78 is 6.27. The van der Waals surface area contributed by atoms with Gasteiger partial charge in [-0.25, -0.2) is 0 Å². The molecule has 30 heavy (non-hydrogen) atoms. The molecule has 0 heterocycles. The molecule has 0 amide bonds. The normalized spacial score (nSPS) is 15.7. The monoisotopic (exact) mass is 441 g/mol. The Morgan fingerprint density at radius 2 is 1.47 bits per heavy atom. The number of benzene rings is 3. The Hall–Kier alpha value is -1.74. The maximum absolute atomic E-state index is 6.35. The molecule has 4 rings (SSSR count). The van der Waals surface area contributed by atoms with Gasteiger partial charge in [-0.1, -0.05) is 91.7 Å². The first-order valence-corrected chi connectivity index (χ1v) is 11.8. The Balaban J connectivity index is 1.56. The zero-order valence-corrected chi connectivity index (χ0v) is 18.8. The van der Waals surface area contributed by atoms with Crippen molar-refractivity contribution in [1.82, 2.24) is 5.32 Å². The van der Waals surface area contributed by atoms with Gasteiger partial charge in [-0.3, -0.25) is 0 Å². The van der Waals surface area contributed by atoms with E-state index in [1.165, 1.54) is 61.3 Å². The van der Waals surface area contributed by atoms with Crippen LogP contribution < -0.4 is 10.1 Å². The number of nitrogens with one attached hydrogen (secondary N) is 1. The lowest BCUT2D eigenvalue weighted by Gasteiger charge is -2.23. The van der Waals surface area contributed by atoms with E-state index in [1.807, 2.05) is 18.2 Å². The molecule has 2 nitrogen and oxygen atoms in total. The van der Waals surface area contributed by atoms with E-state index < -0.39 is 0 Å². The lowest BCUT2D eigenvalue weighted by atomic mass is 9.96. The third-order valence-corrected chi connectivity index (χ3v) is 6.81. The molecule has 0 saturated heterocycles. The smallest absolute Gasteiger partial charge is 0.124 e. The summed E-state index contributed by atoms with van der Waals surface area (Å²) in [5, 5.41) is 7.57. The van der Waals surface area contributed by atoms with Crippen molar-refractivity contribution in [2.75, 3.05) is 0 Å². The zero-order chi connectivity index (χ0) is 20.8. The molecular formula is C26H29Cl2NO. The van der Waals surface area contributed by atoms with Crippen LogP contribution >= 0.6 is 23.2 Å². The number of hydrogen-bond acceptors (Lipinski definition) is 2. The SMILES string of the molecule is Clc1cccc(Cl)c1COc1ccc2ccccc2c1CNC1CCCCCCC1. The number of halogens is 2. The van der Waals surface area contributed by atoms with Gasteiger partial charge in [-0.05, 0) is 41.8 Å². The lowest BCUT2D eigenvalue weighted by Crippen LogP contribution is -2.29. The molecule has 0 radical (unpaired) electrons. The van der Waals surface area contributed by atoms with E-state index in [-0.39, 0.29) is 0 Å². The van der Waals surface area contributed by atoms with Crippen LogP contribution in [0.5, 0.6) is 5.75 Å². The standard InChI is InChI=1S/C26H29Cl2NO/c27-24-13-8-14-25(28)23(24)18-30-26-16-15-19-9-6-7-12-21(19)22(26)17-29-20-10-4-2-1-3-5-11-20/h6-9,12-16,20,29H,1-5,10-11,17-18H2. The van der Waals surface area contributed by atoms with Gasteiger partial charge >= 0.3 is 0 Å². The van der Waals surface area contributed by atoms with Crippen molar-refractivity contribution < 1.29 is 4.74 Å². The van der Waals surface area contributed by atoms with E-state index in [9.17, 15) is 0 Å². The molecule has 4 heteroatoms. The van der Waals surface area contributed by atoms with Crippen LogP contribution in [-0.4, -0.2) is 6.04 Å². The van der Waals surface area contributed by atoms with Crippen LogP contribution in [0.1, 0.15) is 56.1 Å². The van der Waals surface area contributed by atoms with E-state index in [0.29, 0.717) is 22.7 Å². The molecule has 0 aliphatic heterocycles. The second-order valence-electron chi connectivity index (χ2n) is 8.18. The van der Waals surface area contributed by atoms with Crippen LogP contribution in [0.2, 0.25) is 10.0 Å². The highest BCUT2D eigenvalue weighted by molar-refractivity contribution is 6.35. The highest BCUT2D eigenvalue weighted by atomic mass is 35.5. The number of fused-ring (bicyclic) bond motifs is 1. The summed E-state index contributed by atoms with van der Waals surface area (Å²) in [6.07, 6.45) is 9.27. The second kappa shape index (κ2) is 10.5. The van der Waals surface area contributed by atoms with Crippen LogP contribution in [0.3, 0.4) is 0 Å². The van der Waals surface area contributed by atoms with Gasteiger partial charge in [0.2, 0.25) is 0 Å². The molecule has 3 aromatic carbocycles. The fourth-order valence-electron chi connectivity index (χ4n) is 4.36. The average Bonchev–Trinajstić information content (AvgIpc) is 2.73. The van der Waals surface area contributed by atoms with Crippen LogP contribution in [0.25, 0.3) is 10.8 Å². The molecule has 1 saturated carbocycles. The van der Waals surface area contributed by atoms with E-state index >= 15 is 0 Å². The van der Waals surface area contributed by atoms with Crippen molar-refractivity contribution in [1.29, 1.82) is 0 Å². The fraction of sp³-hybridized carbons (Fsp3) is 0.385. The Morgan fingerprint density at radius 1 is 0.767 bits per heavy atom. The van der Waals surface area contributed by atoms with E-state index in [0.717, 1.165) is 17.9 Å². The molecular weight excluding hydrogens is 413 g/mol. The van der Waals surface area contributed by atoms with Gasteiger partial charge < -0.3 is 10.1 Å². The van der Waals surface area contributed by atoms with Crippen molar-refractivity contribution >= 4 is 34.0 Å². The predicted molar refractivity (Wildman–Crippen MR) is 128 cm³/mol.